The SMILES string of the molecule is C[C@@H](N)C(=O)NCCc1cnn(-c2ccccc2)c1. The number of carbonyl (C=O) groups is 1. The predicted molar refractivity (Wildman–Crippen MR) is 73.9 cm³/mol. The van der Waals surface area contributed by atoms with Crippen LogP contribution in [0.3, 0.4) is 0 Å². The van der Waals surface area contributed by atoms with E-state index in [2.05, 4.69) is 10.4 Å². The summed E-state index contributed by atoms with van der Waals surface area (Å²) in [5.74, 6) is -0.129. The maximum absolute atomic E-state index is 11.3. The van der Waals surface area contributed by atoms with Crippen LogP contribution in [0.4, 0.5) is 0 Å². The molecule has 3 N–H and O–H groups in total. The lowest BCUT2D eigenvalue weighted by Gasteiger charge is -2.06. The lowest BCUT2D eigenvalue weighted by Crippen LogP contribution is -2.39. The quantitative estimate of drug-likeness (QED) is 0.836. The summed E-state index contributed by atoms with van der Waals surface area (Å²) in [5, 5.41) is 7.08. The summed E-state index contributed by atoms with van der Waals surface area (Å²) in [6.45, 7) is 2.24. The summed E-state index contributed by atoms with van der Waals surface area (Å²) in [4.78, 5) is 11.3. The third kappa shape index (κ3) is 3.66. The molecule has 0 aliphatic heterocycles. The van der Waals surface area contributed by atoms with Gasteiger partial charge in [-0.15, -0.1) is 0 Å². The highest BCUT2D eigenvalue weighted by Gasteiger charge is 2.06. The molecule has 0 saturated carbocycles. The molecule has 0 spiro atoms. The van der Waals surface area contributed by atoms with Crippen molar-refractivity contribution in [1.29, 1.82) is 0 Å². The van der Waals surface area contributed by atoms with Gasteiger partial charge in [-0.1, -0.05) is 18.2 Å². The van der Waals surface area contributed by atoms with Crippen molar-refractivity contribution in [2.45, 2.75) is 19.4 Å². The summed E-state index contributed by atoms with van der Waals surface area (Å²) in [6.07, 6.45) is 4.52. The number of amides is 1. The molecule has 0 aliphatic rings. The minimum Gasteiger partial charge on any atom is -0.354 e. The largest absolute Gasteiger partial charge is 0.354 e. The first kappa shape index (κ1) is 13.3. The van der Waals surface area contributed by atoms with E-state index in [9.17, 15) is 4.79 Å². The molecule has 0 unspecified atom stereocenters. The molecular formula is C14H18N4O. The van der Waals surface area contributed by atoms with E-state index in [4.69, 9.17) is 5.73 Å². The van der Waals surface area contributed by atoms with E-state index < -0.39 is 6.04 Å². The number of hydrogen-bond donors (Lipinski definition) is 2. The number of nitrogens with two attached hydrogens (primary N) is 1. The van der Waals surface area contributed by atoms with Crippen molar-refractivity contribution in [2.24, 2.45) is 5.73 Å². The van der Waals surface area contributed by atoms with Crippen molar-refractivity contribution < 1.29 is 4.79 Å². The molecule has 2 rings (SSSR count). The molecule has 19 heavy (non-hydrogen) atoms. The highest BCUT2D eigenvalue weighted by molar-refractivity contribution is 5.80. The Kier molecular flexibility index (Phi) is 4.30. The van der Waals surface area contributed by atoms with Crippen LogP contribution in [-0.2, 0) is 11.2 Å². The first-order chi connectivity index (χ1) is 9.16. The van der Waals surface area contributed by atoms with Crippen LogP contribution in [0.5, 0.6) is 0 Å². The highest BCUT2D eigenvalue weighted by Crippen LogP contribution is 2.07. The molecule has 1 atom stereocenters. The topological polar surface area (TPSA) is 72.9 Å². The molecular weight excluding hydrogens is 240 g/mol. The molecule has 1 aromatic heterocycles. The average Bonchev–Trinajstić information content (AvgIpc) is 2.88. The fourth-order valence-electron chi connectivity index (χ4n) is 1.70. The van der Waals surface area contributed by atoms with Gasteiger partial charge in [-0.05, 0) is 31.0 Å². The summed E-state index contributed by atoms with van der Waals surface area (Å²) in [6, 6.07) is 9.44. The minimum atomic E-state index is -0.466. The van der Waals surface area contributed by atoms with Crippen LogP contribution in [-0.4, -0.2) is 28.3 Å². The van der Waals surface area contributed by atoms with Crippen molar-refractivity contribution in [3.05, 3.63) is 48.3 Å². The summed E-state index contributed by atoms with van der Waals surface area (Å²) < 4.78 is 1.82. The number of aromatic nitrogens is 2. The number of hydrogen-bond acceptors (Lipinski definition) is 3. The monoisotopic (exact) mass is 258 g/mol. The van der Waals surface area contributed by atoms with Crippen molar-refractivity contribution in [1.82, 2.24) is 15.1 Å². The maximum Gasteiger partial charge on any atom is 0.236 e. The molecule has 5 heteroatoms. The highest BCUT2D eigenvalue weighted by atomic mass is 16.2. The average molecular weight is 258 g/mol. The van der Waals surface area contributed by atoms with Crippen molar-refractivity contribution in [3.63, 3.8) is 0 Å². The van der Waals surface area contributed by atoms with E-state index in [1.807, 2.05) is 47.4 Å². The molecule has 0 fully saturated rings. The predicted octanol–water partition coefficient (Wildman–Crippen LogP) is 0.878. The van der Waals surface area contributed by atoms with Gasteiger partial charge in [0.05, 0.1) is 17.9 Å². The van der Waals surface area contributed by atoms with Crippen LogP contribution < -0.4 is 11.1 Å². The number of benzene rings is 1. The number of nitrogens with one attached hydrogen (secondary N) is 1. The Bertz CT molecular complexity index is 533. The Morgan fingerprint density at radius 1 is 1.42 bits per heavy atom. The van der Waals surface area contributed by atoms with Crippen LogP contribution in [0, 0.1) is 0 Å². The van der Waals surface area contributed by atoms with Gasteiger partial charge in [0.2, 0.25) is 5.91 Å². The standard InChI is InChI=1S/C14H18N4O/c1-11(15)14(19)16-8-7-12-9-17-18(10-12)13-5-3-2-4-6-13/h2-6,9-11H,7-8,15H2,1H3,(H,16,19)/t11-/m1/s1. The Balaban J connectivity index is 1.90. The Labute approximate surface area is 112 Å². The van der Waals surface area contributed by atoms with Gasteiger partial charge in [-0.3, -0.25) is 4.79 Å². The smallest absolute Gasteiger partial charge is 0.236 e. The molecule has 0 aliphatic carbocycles. The van der Waals surface area contributed by atoms with E-state index in [1.54, 1.807) is 6.92 Å². The second-order valence-electron chi connectivity index (χ2n) is 4.46. The third-order valence-corrected chi connectivity index (χ3v) is 2.78. The number of carbonyl (C=O) groups excluding carboxylic acids is 1. The zero-order valence-corrected chi connectivity index (χ0v) is 10.9. The van der Waals surface area contributed by atoms with Gasteiger partial charge in [0.15, 0.2) is 0 Å². The molecule has 100 valence electrons. The number of rotatable bonds is 5. The van der Waals surface area contributed by atoms with Crippen LogP contribution >= 0.6 is 0 Å². The van der Waals surface area contributed by atoms with Crippen LogP contribution in [0.1, 0.15) is 12.5 Å². The summed E-state index contributed by atoms with van der Waals surface area (Å²) in [7, 11) is 0. The second kappa shape index (κ2) is 6.15. The van der Waals surface area contributed by atoms with E-state index in [0.29, 0.717) is 6.54 Å². The Morgan fingerprint density at radius 2 is 2.16 bits per heavy atom. The van der Waals surface area contributed by atoms with Gasteiger partial charge >= 0.3 is 0 Å². The van der Waals surface area contributed by atoms with Crippen LogP contribution in [0.25, 0.3) is 5.69 Å². The molecule has 1 aromatic carbocycles. The van der Waals surface area contributed by atoms with E-state index >= 15 is 0 Å². The van der Waals surface area contributed by atoms with Gasteiger partial charge < -0.3 is 11.1 Å². The Hall–Kier alpha value is -2.14. The first-order valence-corrected chi connectivity index (χ1v) is 6.29. The molecule has 1 amide bonds. The van der Waals surface area contributed by atoms with E-state index in [-0.39, 0.29) is 5.91 Å². The summed E-state index contributed by atoms with van der Waals surface area (Å²) in [5.41, 5.74) is 7.57. The van der Waals surface area contributed by atoms with Gasteiger partial charge in [-0.2, -0.15) is 5.10 Å². The van der Waals surface area contributed by atoms with Crippen molar-refractivity contribution in [3.8, 4) is 5.69 Å². The van der Waals surface area contributed by atoms with E-state index in [0.717, 1.165) is 17.7 Å². The minimum absolute atomic E-state index is 0.129. The van der Waals surface area contributed by atoms with Gasteiger partial charge in [0.1, 0.15) is 0 Å². The Morgan fingerprint density at radius 3 is 2.84 bits per heavy atom. The molecule has 1 heterocycles. The molecule has 0 bridgehead atoms. The zero-order chi connectivity index (χ0) is 13.7. The fraction of sp³-hybridized carbons (Fsp3) is 0.286. The summed E-state index contributed by atoms with van der Waals surface area (Å²) >= 11 is 0. The number of para-hydroxylation sites is 1. The normalized spacial score (nSPS) is 12.1. The fourth-order valence-corrected chi connectivity index (χ4v) is 1.70. The second-order valence-corrected chi connectivity index (χ2v) is 4.46. The van der Waals surface area contributed by atoms with E-state index in [1.165, 1.54) is 0 Å². The first-order valence-electron chi connectivity index (χ1n) is 6.29. The zero-order valence-electron chi connectivity index (χ0n) is 10.9. The lowest BCUT2D eigenvalue weighted by molar-refractivity contribution is -0.121. The molecule has 0 radical (unpaired) electrons. The third-order valence-electron chi connectivity index (χ3n) is 2.78. The van der Waals surface area contributed by atoms with Gasteiger partial charge in [0, 0.05) is 12.7 Å². The maximum atomic E-state index is 11.3. The van der Waals surface area contributed by atoms with Crippen molar-refractivity contribution >= 4 is 5.91 Å². The molecule has 5 nitrogen and oxygen atoms in total. The molecule has 0 saturated heterocycles. The van der Waals surface area contributed by atoms with Crippen LogP contribution in [0.15, 0.2) is 42.7 Å². The van der Waals surface area contributed by atoms with Gasteiger partial charge in [0.25, 0.3) is 0 Å². The number of nitrogens with zero attached hydrogens (tertiary/aromatic N) is 2. The van der Waals surface area contributed by atoms with Crippen molar-refractivity contribution in [2.75, 3.05) is 6.54 Å². The van der Waals surface area contributed by atoms with Gasteiger partial charge in [-0.25, -0.2) is 4.68 Å². The lowest BCUT2D eigenvalue weighted by atomic mass is 10.2. The molecule has 2 aromatic rings. The van der Waals surface area contributed by atoms with Crippen LogP contribution in [0.2, 0.25) is 0 Å².